The van der Waals surface area contributed by atoms with Crippen molar-refractivity contribution in [2.24, 2.45) is 0 Å². The van der Waals surface area contributed by atoms with Crippen LogP contribution in [0.3, 0.4) is 0 Å². The number of thioether (sulfide) groups is 1. The van der Waals surface area contributed by atoms with Crippen molar-refractivity contribution in [1.82, 2.24) is 4.98 Å². The van der Waals surface area contributed by atoms with Crippen LogP contribution in [0.15, 0.2) is 77.0 Å². The first kappa shape index (κ1) is 26.5. The molecule has 4 aromatic rings. The summed E-state index contributed by atoms with van der Waals surface area (Å²) >= 11 is 20.9. The Hall–Kier alpha value is -2.55. The molecule has 1 heterocycles. The average molecular weight is 577 g/mol. The predicted molar refractivity (Wildman–Crippen MR) is 152 cm³/mol. The Kier molecular flexibility index (Phi) is 8.93. The van der Waals surface area contributed by atoms with Gasteiger partial charge in [-0.25, -0.2) is 4.98 Å². The van der Waals surface area contributed by atoms with Crippen LogP contribution in [0.2, 0.25) is 15.1 Å². The molecular formula is C26H20Cl3N3O2S2. The third-order valence-electron chi connectivity index (χ3n) is 5.07. The molecule has 36 heavy (non-hydrogen) atoms. The minimum Gasteiger partial charge on any atom is -0.322 e. The van der Waals surface area contributed by atoms with Gasteiger partial charge >= 0.3 is 0 Å². The number of halogens is 3. The number of nitrogens with zero attached hydrogens (tertiary/aromatic N) is 1. The Morgan fingerprint density at radius 2 is 1.78 bits per heavy atom. The molecule has 4 rings (SSSR count). The number of benzene rings is 3. The molecule has 2 N–H and O–H groups in total. The summed E-state index contributed by atoms with van der Waals surface area (Å²) in [5, 5.41) is 9.21. The zero-order valence-electron chi connectivity index (χ0n) is 18.9. The Morgan fingerprint density at radius 1 is 0.972 bits per heavy atom. The number of aromatic nitrogens is 1. The molecule has 3 aromatic carbocycles. The van der Waals surface area contributed by atoms with Crippen molar-refractivity contribution in [3.8, 4) is 11.3 Å². The third-order valence-corrected chi connectivity index (χ3v) is 8.16. The van der Waals surface area contributed by atoms with Gasteiger partial charge in [-0.1, -0.05) is 59.9 Å². The predicted octanol–water partition coefficient (Wildman–Crippen LogP) is 8.53. The quantitative estimate of drug-likeness (QED) is 0.206. The normalized spacial score (nSPS) is 11.7. The van der Waals surface area contributed by atoms with Gasteiger partial charge in [0.05, 0.1) is 21.0 Å². The smallest absolute Gasteiger partial charge is 0.255 e. The van der Waals surface area contributed by atoms with Gasteiger partial charge in [-0.3, -0.25) is 9.59 Å². The van der Waals surface area contributed by atoms with Crippen LogP contribution in [0.25, 0.3) is 11.3 Å². The van der Waals surface area contributed by atoms with Crippen LogP contribution in [0, 0.1) is 0 Å². The van der Waals surface area contributed by atoms with Gasteiger partial charge in [-0.2, -0.15) is 0 Å². The topological polar surface area (TPSA) is 71.1 Å². The first-order valence-electron chi connectivity index (χ1n) is 10.9. The molecule has 1 atom stereocenters. The van der Waals surface area contributed by atoms with E-state index >= 15 is 0 Å². The number of hydrogen-bond acceptors (Lipinski definition) is 5. The molecule has 0 bridgehead atoms. The SMILES string of the molecule is CCC(Sc1cccc(NC(=O)c2cccc(Cl)c2)c1)C(=O)Nc1nc(-c2ccc(Cl)c(Cl)c2)cs1. The van der Waals surface area contributed by atoms with E-state index in [1.165, 1.54) is 23.1 Å². The molecule has 1 aromatic heterocycles. The minimum atomic E-state index is -0.346. The fraction of sp³-hybridized carbons (Fsp3) is 0.115. The maximum absolute atomic E-state index is 13.0. The summed E-state index contributed by atoms with van der Waals surface area (Å²) in [5.41, 5.74) is 2.62. The Bertz CT molecular complexity index is 1410. The largest absolute Gasteiger partial charge is 0.322 e. The molecule has 0 aliphatic heterocycles. The molecule has 0 saturated carbocycles. The fourth-order valence-electron chi connectivity index (χ4n) is 3.27. The number of carbonyl (C=O) groups excluding carboxylic acids is 2. The number of nitrogens with one attached hydrogen (secondary N) is 2. The van der Waals surface area contributed by atoms with E-state index in [1.807, 2.05) is 36.6 Å². The number of rotatable bonds is 8. The van der Waals surface area contributed by atoms with Crippen LogP contribution in [0.4, 0.5) is 10.8 Å². The van der Waals surface area contributed by atoms with Gasteiger partial charge < -0.3 is 10.6 Å². The highest BCUT2D eigenvalue weighted by atomic mass is 35.5. The van der Waals surface area contributed by atoms with E-state index in [0.29, 0.717) is 43.6 Å². The maximum Gasteiger partial charge on any atom is 0.255 e. The number of thiazole rings is 1. The fourth-order valence-corrected chi connectivity index (χ4v) is 5.50. The zero-order valence-corrected chi connectivity index (χ0v) is 22.8. The van der Waals surface area contributed by atoms with Crippen LogP contribution in [0.5, 0.6) is 0 Å². The van der Waals surface area contributed by atoms with Crippen LogP contribution in [-0.4, -0.2) is 22.0 Å². The second kappa shape index (κ2) is 12.1. The molecule has 184 valence electrons. The monoisotopic (exact) mass is 575 g/mol. The summed E-state index contributed by atoms with van der Waals surface area (Å²) in [6, 6.07) is 19.4. The molecular weight excluding hydrogens is 557 g/mol. The van der Waals surface area contributed by atoms with Gasteiger partial charge in [0.1, 0.15) is 0 Å². The zero-order chi connectivity index (χ0) is 25.7. The summed E-state index contributed by atoms with van der Waals surface area (Å²) in [4.78, 5) is 30.9. The second-order valence-corrected chi connectivity index (χ2v) is 11.0. The molecule has 0 aliphatic carbocycles. The first-order valence-corrected chi connectivity index (χ1v) is 13.8. The summed E-state index contributed by atoms with van der Waals surface area (Å²) in [7, 11) is 0. The lowest BCUT2D eigenvalue weighted by molar-refractivity contribution is -0.115. The van der Waals surface area contributed by atoms with Crippen molar-refractivity contribution < 1.29 is 9.59 Å². The summed E-state index contributed by atoms with van der Waals surface area (Å²) < 4.78 is 0. The van der Waals surface area contributed by atoms with Gasteiger partial charge in [-0.15, -0.1) is 23.1 Å². The maximum atomic E-state index is 13.0. The molecule has 0 radical (unpaired) electrons. The van der Waals surface area contributed by atoms with E-state index in [0.717, 1.165) is 10.5 Å². The Labute approximate surface area is 232 Å². The lowest BCUT2D eigenvalue weighted by atomic mass is 10.2. The van der Waals surface area contributed by atoms with Crippen LogP contribution >= 0.6 is 57.9 Å². The van der Waals surface area contributed by atoms with Crippen molar-refractivity contribution >= 4 is 80.5 Å². The molecule has 10 heteroatoms. The van der Waals surface area contributed by atoms with Crippen LogP contribution in [-0.2, 0) is 4.79 Å². The van der Waals surface area contributed by atoms with Gasteiger partial charge in [0.2, 0.25) is 5.91 Å². The number of carbonyl (C=O) groups is 2. The molecule has 0 saturated heterocycles. The molecule has 0 spiro atoms. The molecule has 0 aliphatic rings. The van der Waals surface area contributed by atoms with Gasteiger partial charge in [0.25, 0.3) is 5.91 Å². The highest BCUT2D eigenvalue weighted by Crippen LogP contribution is 2.32. The van der Waals surface area contributed by atoms with Gasteiger partial charge in [0.15, 0.2) is 5.13 Å². The summed E-state index contributed by atoms with van der Waals surface area (Å²) in [6.45, 7) is 1.95. The van der Waals surface area contributed by atoms with E-state index in [-0.39, 0.29) is 17.1 Å². The Morgan fingerprint density at radius 3 is 2.53 bits per heavy atom. The lowest BCUT2D eigenvalue weighted by Gasteiger charge is -2.14. The summed E-state index contributed by atoms with van der Waals surface area (Å²) in [5.74, 6) is -0.406. The van der Waals surface area contributed by atoms with E-state index in [9.17, 15) is 9.59 Å². The average Bonchev–Trinajstić information content (AvgIpc) is 3.32. The lowest BCUT2D eigenvalue weighted by Crippen LogP contribution is -2.24. The van der Waals surface area contributed by atoms with Crippen molar-refractivity contribution in [3.05, 3.63) is 92.7 Å². The molecule has 5 nitrogen and oxygen atoms in total. The third kappa shape index (κ3) is 6.81. The summed E-state index contributed by atoms with van der Waals surface area (Å²) in [6.07, 6.45) is 0.612. The van der Waals surface area contributed by atoms with E-state index in [1.54, 1.807) is 42.5 Å². The second-order valence-electron chi connectivity index (χ2n) is 7.66. The van der Waals surface area contributed by atoms with Gasteiger partial charge in [-0.05, 0) is 55.0 Å². The Balaban J connectivity index is 1.40. The van der Waals surface area contributed by atoms with Crippen molar-refractivity contribution in [2.75, 3.05) is 10.6 Å². The van der Waals surface area contributed by atoms with E-state index in [4.69, 9.17) is 34.8 Å². The van der Waals surface area contributed by atoms with Crippen molar-refractivity contribution in [1.29, 1.82) is 0 Å². The standard InChI is InChI=1S/C26H20Cl3N3O2S2/c1-2-23(25(34)32-26-31-22(14-35-26)15-9-10-20(28)21(29)12-15)36-19-8-4-7-18(13-19)30-24(33)16-5-3-6-17(27)11-16/h3-14,23H,2H2,1H3,(H,30,33)(H,31,32,34). The number of hydrogen-bond donors (Lipinski definition) is 2. The van der Waals surface area contributed by atoms with Crippen molar-refractivity contribution in [3.63, 3.8) is 0 Å². The first-order chi connectivity index (χ1) is 17.3. The number of amides is 2. The van der Waals surface area contributed by atoms with Crippen LogP contribution in [0.1, 0.15) is 23.7 Å². The highest BCUT2D eigenvalue weighted by molar-refractivity contribution is 8.00. The highest BCUT2D eigenvalue weighted by Gasteiger charge is 2.20. The minimum absolute atomic E-state index is 0.147. The van der Waals surface area contributed by atoms with Gasteiger partial charge in [0, 0.05) is 32.1 Å². The van der Waals surface area contributed by atoms with E-state index in [2.05, 4.69) is 15.6 Å². The number of anilines is 2. The van der Waals surface area contributed by atoms with E-state index < -0.39 is 0 Å². The molecule has 2 amide bonds. The molecule has 0 fully saturated rings. The van der Waals surface area contributed by atoms with Crippen molar-refractivity contribution in [2.45, 2.75) is 23.5 Å². The molecule has 1 unspecified atom stereocenters. The van der Waals surface area contributed by atoms with Crippen LogP contribution < -0.4 is 10.6 Å².